The molecule has 1 aliphatic heterocycles. The average Bonchev–Trinajstić information content (AvgIpc) is 3.18. The quantitative estimate of drug-likeness (QED) is 0.703. The fourth-order valence-corrected chi connectivity index (χ4v) is 3.05. The Bertz CT molecular complexity index is 794. The van der Waals surface area contributed by atoms with Crippen LogP contribution in [0.4, 0.5) is 0 Å². The summed E-state index contributed by atoms with van der Waals surface area (Å²) in [7, 11) is 1.67. The molecule has 2 atom stereocenters. The monoisotopic (exact) mass is 343 g/mol. The molecular weight excluding hydrogens is 330 g/mol. The molecule has 1 saturated heterocycles. The maximum absolute atomic E-state index is 5.54. The lowest BCUT2D eigenvalue weighted by molar-refractivity contribution is 0.0950. The second kappa shape index (κ2) is 4.98. The Morgan fingerprint density at radius 3 is 2.67 bits per heavy atom. The van der Waals surface area contributed by atoms with Crippen molar-refractivity contribution < 1.29 is 9.47 Å². The van der Waals surface area contributed by atoms with Gasteiger partial charge in [-0.15, -0.1) is 0 Å². The van der Waals surface area contributed by atoms with Crippen LogP contribution in [0.2, 0.25) is 0 Å². The predicted octanol–water partition coefficient (Wildman–Crippen LogP) is 4.64. The van der Waals surface area contributed by atoms with Crippen molar-refractivity contribution in [2.75, 3.05) is 7.11 Å². The number of methoxy groups -OCH3 is 1. The molecule has 2 heterocycles. The van der Waals surface area contributed by atoms with E-state index >= 15 is 0 Å². The van der Waals surface area contributed by atoms with Crippen LogP contribution in [0.5, 0.6) is 0 Å². The van der Waals surface area contributed by atoms with E-state index in [1.54, 1.807) is 7.11 Å². The van der Waals surface area contributed by atoms with Crippen molar-refractivity contribution in [3.63, 3.8) is 0 Å². The zero-order valence-electron chi connectivity index (χ0n) is 11.5. The van der Waals surface area contributed by atoms with Crippen molar-refractivity contribution in [3.05, 3.63) is 58.7 Å². The molecule has 1 aromatic heterocycles. The summed E-state index contributed by atoms with van der Waals surface area (Å²) < 4.78 is 11.9. The molecule has 0 radical (unpaired) electrons. The molecule has 0 amide bonds. The summed E-state index contributed by atoms with van der Waals surface area (Å²) in [5, 5.41) is 1.21. The summed E-state index contributed by atoms with van der Waals surface area (Å²) in [5.74, 6) is 0. The minimum absolute atomic E-state index is 0.0371. The SMILES string of the molecule is COC1OC1c1cccc2c(-c3ccc(Br)cc3)c[nH]c12. The van der Waals surface area contributed by atoms with Crippen LogP contribution >= 0.6 is 15.9 Å². The molecule has 106 valence electrons. The Morgan fingerprint density at radius 2 is 1.95 bits per heavy atom. The van der Waals surface area contributed by atoms with Crippen LogP contribution < -0.4 is 0 Å². The molecule has 2 aromatic carbocycles. The smallest absolute Gasteiger partial charge is 0.188 e. The molecule has 1 aliphatic rings. The van der Waals surface area contributed by atoms with Crippen molar-refractivity contribution in [3.8, 4) is 11.1 Å². The van der Waals surface area contributed by atoms with Gasteiger partial charge in [-0.25, -0.2) is 0 Å². The highest BCUT2D eigenvalue weighted by atomic mass is 79.9. The van der Waals surface area contributed by atoms with E-state index in [2.05, 4.69) is 69.6 Å². The number of rotatable bonds is 3. The first kappa shape index (κ1) is 13.1. The number of fused-ring (bicyclic) bond motifs is 1. The van der Waals surface area contributed by atoms with Gasteiger partial charge in [0, 0.05) is 34.3 Å². The van der Waals surface area contributed by atoms with Crippen LogP contribution in [0, 0.1) is 0 Å². The summed E-state index contributed by atoms with van der Waals surface area (Å²) >= 11 is 3.47. The Balaban J connectivity index is 1.82. The van der Waals surface area contributed by atoms with E-state index in [9.17, 15) is 0 Å². The van der Waals surface area contributed by atoms with Crippen LogP contribution in [0.25, 0.3) is 22.0 Å². The zero-order valence-corrected chi connectivity index (χ0v) is 13.1. The molecule has 3 aromatic rings. The van der Waals surface area contributed by atoms with Crippen molar-refractivity contribution in [1.29, 1.82) is 0 Å². The molecule has 0 bridgehead atoms. The maximum atomic E-state index is 5.54. The van der Waals surface area contributed by atoms with Gasteiger partial charge in [0.15, 0.2) is 6.29 Å². The van der Waals surface area contributed by atoms with Crippen LogP contribution in [-0.4, -0.2) is 18.4 Å². The number of para-hydroxylation sites is 1. The van der Waals surface area contributed by atoms with Crippen LogP contribution in [0.1, 0.15) is 11.7 Å². The summed E-state index contributed by atoms with van der Waals surface area (Å²) in [5.41, 5.74) is 4.68. The van der Waals surface area contributed by atoms with E-state index in [-0.39, 0.29) is 12.4 Å². The van der Waals surface area contributed by atoms with Crippen LogP contribution in [-0.2, 0) is 9.47 Å². The molecule has 0 aliphatic carbocycles. The van der Waals surface area contributed by atoms with E-state index in [4.69, 9.17) is 9.47 Å². The molecule has 4 rings (SSSR count). The second-order valence-corrected chi connectivity index (χ2v) is 6.06. The lowest BCUT2D eigenvalue weighted by Gasteiger charge is -2.02. The highest BCUT2D eigenvalue weighted by Gasteiger charge is 2.41. The lowest BCUT2D eigenvalue weighted by atomic mass is 10.0. The molecule has 0 spiro atoms. The van der Waals surface area contributed by atoms with E-state index in [0.29, 0.717) is 0 Å². The molecule has 1 N–H and O–H groups in total. The van der Waals surface area contributed by atoms with Gasteiger partial charge in [-0.1, -0.05) is 46.3 Å². The largest absolute Gasteiger partial charge is 0.360 e. The summed E-state index contributed by atoms with van der Waals surface area (Å²) in [6, 6.07) is 14.6. The molecular formula is C17H14BrNO2. The second-order valence-electron chi connectivity index (χ2n) is 5.14. The number of hydrogen-bond acceptors (Lipinski definition) is 2. The van der Waals surface area contributed by atoms with Crippen molar-refractivity contribution in [2.45, 2.75) is 12.4 Å². The van der Waals surface area contributed by atoms with Crippen molar-refractivity contribution in [2.24, 2.45) is 0 Å². The Kier molecular flexibility index (Phi) is 3.10. The van der Waals surface area contributed by atoms with Gasteiger partial charge in [0.2, 0.25) is 0 Å². The van der Waals surface area contributed by atoms with Gasteiger partial charge in [-0.05, 0) is 17.7 Å². The Hall–Kier alpha value is -1.62. The van der Waals surface area contributed by atoms with Gasteiger partial charge >= 0.3 is 0 Å². The van der Waals surface area contributed by atoms with E-state index in [1.165, 1.54) is 16.5 Å². The third kappa shape index (κ3) is 2.20. The fraction of sp³-hybridized carbons (Fsp3) is 0.176. The fourth-order valence-electron chi connectivity index (χ4n) is 2.78. The number of benzene rings is 2. The molecule has 0 saturated carbocycles. The number of H-pyrrole nitrogens is 1. The standard InChI is InChI=1S/C17H14BrNO2/c1-20-17-16(21-17)13-4-2-3-12-14(9-19-15(12)13)10-5-7-11(18)8-6-10/h2-9,16-17,19H,1H3. The maximum Gasteiger partial charge on any atom is 0.188 e. The predicted molar refractivity (Wildman–Crippen MR) is 86.1 cm³/mol. The number of hydrogen-bond donors (Lipinski definition) is 1. The number of nitrogens with one attached hydrogen (secondary N) is 1. The highest BCUT2D eigenvalue weighted by molar-refractivity contribution is 9.10. The van der Waals surface area contributed by atoms with Gasteiger partial charge in [-0.2, -0.15) is 0 Å². The molecule has 2 unspecified atom stereocenters. The Morgan fingerprint density at radius 1 is 1.14 bits per heavy atom. The lowest BCUT2D eigenvalue weighted by Crippen LogP contribution is -1.91. The van der Waals surface area contributed by atoms with E-state index in [0.717, 1.165) is 15.6 Å². The molecule has 1 fully saturated rings. The Labute approximate surface area is 131 Å². The number of halogens is 1. The first-order valence-electron chi connectivity index (χ1n) is 6.82. The number of epoxide rings is 1. The topological polar surface area (TPSA) is 37.5 Å². The molecule has 4 heteroatoms. The summed E-state index contributed by atoms with van der Waals surface area (Å²) in [6.45, 7) is 0. The van der Waals surface area contributed by atoms with Gasteiger partial charge in [-0.3, -0.25) is 0 Å². The zero-order chi connectivity index (χ0) is 14.4. The minimum Gasteiger partial charge on any atom is -0.360 e. The van der Waals surface area contributed by atoms with Crippen molar-refractivity contribution in [1.82, 2.24) is 4.98 Å². The van der Waals surface area contributed by atoms with Gasteiger partial charge in [0.25, 0.3) is 0 Å². The van der Waals surface area contributed by atoms with Crippen molar-refractivity contribution >= 4 is 26.8 Å². The third-order valence-electron chi connectivity index (χ3n) is 3.89. The molecule has 21 heavy (non-hydrogen) atoms. The highest BCUT2D eigenvalue weighted by Crippen LogP contribution is 2.43. The van der Waals surface area contributed by atoms with Crippen LogP contribution in [0.3, 0.4) is 0 Å². The summed E-state index contributed by atoms with van der Waals surface area (Å²) in [6.07, 6.45) is 1.98. The van der Waals surface area contributed by atoms with Crippen LogP contribution in [0.15, 0.2) is 53.1 Å². The first-order valence-corrected chi connectivity index (χ1v) is 7.61. The summed E-state index contributed by atoms with van der Waals surface area (Å²) in [4.78, 5) is 3.39. The first-order chi connectivity index (χ1) is 10.3. The minimum atomic E-state index is -0.116. The van der Waals surface area contributed by atoms with Gasteiger partial charge in [0.05, 0.1) is 5.52 Å². The normalized spacial score (nSPS) is 20.9. The number of ether oxygens (including phenoxy) is 2. The third-order valence-corrected chi connectivity index (χ3v) is 4.42. The van der Waals surface area contributed by atoms with E-state index < -0.39 is 0 Å². The molecule has 3 nitrogen and oxygen atoms in total. The number of aromatic nitrogens is 1. The van der Waals surface area contributed by atoms with E-state index in [1.807, 2.05) is 0 Å². The van der Waals surface area contributed by atoms with Gasteiger partial charge in [0.1, 0.15) is 6.10 Å². The average molecular weight is 344 g/mol. The van der Waals surface area contributed by atoms with Gasteiger partial charge < -0.3 is 14.5 Å². The number of aromatic amines is 1.